The van der Waals surface area contributed by atoms with Gasteiger partial charge in [0.15, 0.2) is 0 Å². The van der Waals surface area contributed by atoms with Gasteiger partial charge in [-0.2, -0.15) is 0 Å². The number of hydrogen-bond acceptors (Lipinski definition) is 3. The lowest BCUT2D eigenvalue weighted by atomic mass is 10.0. The molecule has 1 aromatic rings. The van der Waals surface area contributed by atoms with Crippen molar-refractivity contribution in [3.63, 3.8) is 0 Å². The molecule has 0 heterocycles. The number of carbonyl (C=O) groups is 1. The molecule has 0 aliphatic carbocycles. The minimum absolute atomic E-state index is 0.00468. The van der Waals surface area contributed by atoms with Crippen LogP contribution in [0.25, 0.3) is 0 Å². The Bertz CT molecular complexity index is 341. The lowest BCUT2D eigenvalue weighted by molar-refractivity contribution is -0.141. The van der Waals surface area contributed by atoms with Crippen molar-refractivity contribution >= 4 is 21.9 Å². The molecular formula is C11H14BrNO2. The number of methoxy groups -OCH3 is 1. The van der Waals surface area contributed by atoms with E-state index < -0.39 is 0 Å². The van der Waals surface area contributed by atoms with Gasteiger partial charge in [-0.3, -0.25) is 4.79 Å². The number of benzene rings is 1. The number of rotatable bonds is 4. The van der Waals surface area contributed by atoms with Crippen LogP contribution in [0.15, 0.2) is 28.7 Å². The Morgan fingerprint density at radius 2 is 2.33 bits per heavy atom. The molecular weight excluding hydrogens is 258 g/mol. The molecule has 82 valence electrons. The molecule has 0 saturated carbocycles. The monoisotopic (exact) mass is 271 g/mol. The van der Waals surface area contributed by atoms with Crippen LogP contribution in [0.5, 0.6) is 0 Å². The summed E-state index contributed by atoms with van der Waals surface area (Å²) in [5, 5.41) is 3.09. The van der Waals surface area contributed by atoms with E-state index >= 15 is 0 Å². The van der Waals surface area contributed by atoms with Crippen LogP contribution in [0.2, 0.25) is 0 Å². The summed E-state index contributed by atoms with van der Waals surface area (Å²) in [6, 6.07) is 7.86. The first-order valence-electron chi connectivity index (χ1n) is 4.67. The second-order valence-electron chi connectivity index (χ2n) is 3.18. The van der Waals surface area contributed by atoms with Crippen molar-refractivity contribution in [3.8, 4) is 0 Å². The van der Waals surface area contributed by atoms with Gasteiger partial charge in [-0.15, -0.1) is 0 Å². The summed E-state index contributed by atoms with van der Waals surface area (Å²) in [6.07, 6.45) is 0.337. The van der Waals surface area contributed by atoms with Gasteiger partial charge >= 0.3 is 5.97 Å². The summed E-state index contributed by atoms with van der Waals surface area (Å²) in [5.41, 5.74) is 1.07. The van der Waals surface area contributed by atoms with Gasteiger partial charge in [0, 0.05) is 10.5 Å². The van der Waals surface area contributed by atoms with Gasteiger partial charge in [0.25, 0.3) is 0 Å². The fourth-order valence-corrected chi connectivity index (χ4v) is 1.78. The summed E-state index contributed by atoms with van der Waals surface area (Å²) in [7, 11) is 3.23. The highest BCUT2D eigenvalue weighted by Crippen LogP contribution is 2.20. The molecule has 0 fully saturated rings. The van der Waals surface area contributed by atoms with E-state index in [9.17, 15) is 4.79 Å². The SMILES string of the molecule is CNC(CC(=O)OC)c1cccc(Br)c1. The number of esters is 1. The predicted octanol–water partition coefficient (Wildman–Crippen LogP) is 2.27. The zero-order valence-corrected chi connectivity index (χ0v) is 10.4. The smallest absolute Gasteiger partial charge is 0.307 e. The Hall–Kier alpha value is -0.870. The molecule has 1 unspecified atom stereocenters. The fourth-order valence-electron chi connectivity index (χ4n) is 1.36. The topological polar surface area (TPSA) is 38.3 Å². The standard InChI is InChI=1S/C11H14BrNO2/c1-13-10(7-11(14)15-2)8-4-3-5-9(12)6-8/h3-6,10,13H,7H2,1-2H3. The minimum atomic E-state index is -0.214. The van der Waals surface area contributed by atoms with Crippen LogP contribution in [0.4, 0.5) is 0 Å². The van der Waals surface area contributed by atoms with Crippen molar-refractivity contribution in [2.24, 2.45) is 0 Å². The molecule has 0 bridgehead atoms. The fraction of sp³-hybridized carbons (Fsp3) is 0.364. The molecule has 1 N–H and O–H groups in total. The van der Waals surface area contributed by atoms with Crippen LogP contribution < -0.4 is 5.32 Å². The Balaban J connectivity index is 2.78. The maximum atomic E-state index is 11.2. The van der Waals surface area contributed by atoms with Crippen LogP contribution in [-0.4, -0.2) is 20.1 Å². The maximum Gasteiger partial charge on any atom is 0.307 e. The highest BCUT2D eigenvalue weighted by molar-refractivity contribution is 9.10. The molecule has 0 amide bonds. The lowest BCUT2D eigenvalue weighted by Crippen LogP contribution is -2.20. The number of nitrogens with one attached hydrogen (secondary N) is 1. The van der Waals surface area contributed by atoms with E-state index in [0.29, 0.717) is 6.42 Å². The van der Waals surface area contributed by atoms with Crippen LogP contribution in [-0.2, 0) is 9.53 Å². The molecule has 1 atom stereocenters. The third-order valence-corrected chi connectivity index (χ3v) is 2.69. The van der Waals surface area contributed by atoms with Gasteiger partial charge in [0.1, 0.15) is 0 Å². The van der Waals surface area contributed by atoms with E-state index in [1.165, 1.54) is 7.11 Å². The molecule has 1 aromatic carbocycles. The summed E-state index contributed by atoms with van der Waals surface area (Å²) in [4.78, 5) is 11.2. The average Bonchev–Trinajstić information content (AvgIpc) is 2.25. The third kappa shape index (κ3) is 3.64. The molecule has 0 aliphatic heterocycles. The number of hydrogen-bond donors (Lipinski definition) is 1. The van der Waals surface area contributed by atoms with Crippen LogP contribution >= 0.6 is 15.9 Å². The molecule has 0 aliphatic rings. The van der Waals surface area contributed by atoms with E-state index in [4.69, 9.17) is 0 Å². The Kier molecular flexibility index (Phi) is 4.78. The van der Waals surface area contributed by atoms with Gasteiger partial charge in [-0.1, -0.05) is 28.1 Å². The zero-order chi connectivity index (χ0) is 11.3. The molecule has 3 nitrogen and oxygen atoms in total. The Morgan fingerprint density at radius 1 is 1.60 bits per heavy atom. The van der Waals surface area contributed by atoms with Gasteiger partial charge in [-0.25, -0.2) is 0 Å². The van der Waals surface area contributed by atoms with Crippen molar-refractivity contribution in [2.45, 2.75) is 12.5 Å². The van der Waals surface area contributed by atoms with Crippen molar-refractivity contribution in [3.05, 3.63) is 34.3 Å². The molecule has 4 heteroatoms. The Morgan fingerprint density at radius 3 is 2.87 bits per heavy atom. The maximum absolute atomic E-state index is 11.2. The van der Waals surface area contributed by atoms with Crippen molar-refractivity contribution < 1.29 is 9.53 Å². The largest absolute Gasteiger partial charge is 0.469 e. The summed E-state index contributed by atoms with van der Waals surface area (Å²) < 4.78 is 5.65. The highest BCUT2D eigenvalue weighted by atomic mass is 79.9. The number of ether oxygens (including phenoxy) is 1. The lowest BCUT2D eigenvalue weighted by Gasteiger charge is -2.15. The number of carbonyl (C=O) groups excluding carboxylic acids is 1. The number of halogens is 1. The second-order valence-corrected chi connectivity index (χ2v) is 4.09. The normalized spacial score (nSPS) is 12.2. The van der Waals surface area contributed by atoms with E-state index in [1.54, 1.807) is 0 Å². The van der Waals surface area contributed by atoms with E-state index in [-0.39, 0.29) is 12.0 Å². The highest BCUT2D eigenvalue weighted by Gasteiger charge is 2.14. The van der Waals surface area contributed by atoms with Gasteiger partial charge < -0.3 is 10.1 Å². The van der Waals surface area contributed by atoms with E-state index in [0.717, 1.165) is 10.0 Å². The predicted molar refractivity (Wildman–Crippen MR) is 62.6 cm³/mol. The van der Waals surface area contributed by atoms with Gasteiger partial charge in [0.05, 0.1) is 13.5 Å². The average molecular weight is 272 g/mol. The zero-order valence-electron chi connectivity index (χ0n) is 8.79. The second kappa shape index (κ2) is 5.88. The van der Waals surface area contributed by atoms with Crippen LogP contribution in [0.1, 0.15) is 18.0 Å². The van der Waals surface area contributed by atoms with Crippen LogP contribution in [0.3, 0.4) is 0 Å². The van der Waals surface area contributed by atoms with E-state index in [2.05, 4.69) is 26.0 Å². The van der Waals surface area contributed by atoms with E-state index in [1.807, 2.05) is 31.3 Å². The van der Waals surface area contributed by atoms with Crippen molar-refractivity contribution in [1.29, 1.82) is 0 Å². The quantitative estimate of drug-likeness (QED) is 0.854. The molecule has 0 spiro atoms. The summed E-state index contributed by atoms with van der Waals surface area (Å²) >= 11 is 3.40. The minimum Gasteiger partial charge on any atom is -0.469 e. The summed E-state index contributed by atoms with van der Waals surface area (Å²) in [6.45, 7) is 0. The molecule has 0 radical (unpaired) electrons. The van der Waals surface area contributed by atoms with Gasteiger partial charge in [0.2, 0.25) is 0 Å². The van der Waals surface area contributed by atoms with Gasteiger partial charge in [-0.05, 0) is 24.7 Å². The molecule has 15 heavy (non-hydrogen) atoms. The molecule has 0 aromatic heterocycles. The first-order valence-corrected chi connectivity index (χ1v) is 5.46. The van der Waals surface area contributed by atoms with Crippen LogP contribution in [0, 0.1) is 0 Å². The van der Waals surface area contributed by atoms with Crippen molar-refractivity contribution in [1.82, 2.24) is 5.32 Å². The molecule has 1 rings (SSSR count). The third-order valence-electron chi connectivity index (χ3n) is 2.20. The first-order chi connectivity index (χ1) is 7.17. The Labute approximate surface area is 97.9 Å². The van der Waals surface area contributed by atoms with Crippen molar-refractivity contribution in [2.75, 3.05) is 14.2 Å². The summed E-state index contributed by atoms with van der Waals surface area (Å²) in [5.74, 6) is -0.214. The molecule has 0 saturated heterocycles. The first kappa shape index (κ1) is 12.2.